The summed E-state index contributed by atoms with van der Waals surface area (Å²) in [4.78, 5) is 12.7. The van der Waals surface area contributed by atoms with Gasteiger partial charge in [-0.1, -0.05) is 16.8 Å². The second-order valence-corrected chi connectivity index (χ2v) is 6.56. The smallest absolute Gasteiger partial charge is 0.278 e. The summed E-state index contributed by atoms with van der Waals surface area (Å²) in [6, 6.07) is 10.9. The molecule has 1 aliphatic heterocycles. The molecule has 2 aromatic carbocycles. The molecule has 7 nitrogen and oxygen atoms in total. The lowest BCUT2D eigenvalue weighted by molar-refractivity contribution is 0.102. The van der Waals surface area contributed by atoms with E-state index in [4.69, 9.17) is 21.1 Å². The standard InChI is InChI=1S/C19H17ClN4O3/c1-11-17(22-23-24(11)14-3-5-15(26-2)6-4-14)19(25)21-16-10-13(20)9-12-7-8-27-18(12)16/h3-6,9-10H,7-8H2,1-2H3,(H,21,25). The Hall–Kier alpha value is -3.06. The number of methoxy groups -OCH3 is 1. The number of amides is 1. The van der Waals surface area contributed by atoms with E-state index in [2.05, 4.69) is 15.6 Å². The van der Waals surface area contributed by atoms with Crippen LogP contribution in [0.5, 0.6) is 11.5 Å². The summed E-state index contributed by atoms with van der Waals surface area (Å²) in [5, 5.41) is 11.5. The Labute approximate surface area is 160 Å². The highest BCUT2D eigenvalue weighted by atomic mass is 35.5. The van der Waals surface area contributed by atoms with E-state index in [0.29, 0.717) is 28.8 Å². The highest BCUT2D eigenvalue weighted by molar-refractivity contribution is 6.31. The molecule has 138 valence electrons. The molecule has 8 heteroatoms. The van der Waals surface area contributed by atoms with Crippen molar-refractivity contribution in [3.8, 4) is 17.2 Å². The molecule has 0 saturated carbocycles. The Morgan fingerprint density at radius 1 is 1.30 bits per heavy atom. The summed E-state index contributed by atoms with van der Waals surface area (Å²) < 4.78 is 12.4. The van der Waals surface area contributed by atoms with Crippen molar-refractivity contribution in [2.45, 2.75) is 13.3 Å². The number of nitrogens with zero attached hydrogens (tertiary/aromatic N) is 3. The van der Waals surface area contributed by atoms with Gasteiger partial charge in [-0.15, -0.1) is 5.10 Å². The van der Waals surface area contributed by atoms with Crippen molar-refractivity contribution in [2.24, 2.45) is 0 Å². The number of nitrogens with one attached hydrogen (secondary N) is 1. The van der Waals surface area contributed by atoms with E-state index in [1.807, 2.05) is 30.3 Å². The number of carbonyl (C=O) groups is 1. The summed E-state index contributed by atoms with van der Waals surface area (Å²) >= 11 is 6.15. The van der Waals surface area contributed by atoms with Crippen LogP contribution in [0.15, 0.2) is 36.4 Å². The first-order valence-electron chi connectivity index (χ1n) is 8.40. The van der Waals surface area contributed by atoms with Gasteiger partial charge in [0.1, 0.15) is 11.5 Å². The van der Waals surface area contributed by atoms with Gasteiger partial charge in [-0.2, -0.15) is 0 Å². The molecular formula is C19H17ClN4O3. The van der Waals surface area contributed by atoms with Crippen LogP contribution in [0.1, 0.15) is 21.7 Å². The number of carbonyl (C=O) groups excluding carboxylic acids is 1. The van der Waals surface area contributed by atoms with E-state index in [-0.39, 0.29) is 11.6 Å². The first-order chi connectivity index (χ1) is 13.1. The third-order valence-electron chi connectivity index (χ3n) is 4.42. The zero-order chi connectivity index (χ0) is 19.0. The number of fused-ring (bicyclic) bond motifs is 1. The first kappa shape index (κ1) is 17.4. The number of aromatic nitrogens is 3. The molecule has 1 aromatic heterocycles. The highest BCUT2D eigenvalue weighted by Gasteiger charge is 2.22. The van der Waals surface area contributed by atoms with Gasteiger partial charge in [0.05, 0.1) is 30.8 Å². The first-order valence-corrected chi connectivity index (χ1v) is 8.78. The third kappa shape index (κ3) is 3.21. The monoisotopic (exact) mass is 384 g/mol. The SMILES string of the molecule is COc1ccc(-n2nnc(C(=O)Nc3cc(Cl)cc4c3OCC4)c2C)cc1. The van der Waals surface area contributed by atoms with Gasteiger partial charge in [0.15, 0.2) is 5.69 Å². The number of anilines is 1. The Kier molecular flexibility index (Phi) is 4.45. The van der Waals surface area contributed by atoms with Crippen molar-refractivity contribution in [1.29, 1.82) is 0 Å². The van der Waals surface area contributed by atoms with Crippen LogP contribution < -0.4 is 14.8 Å². The van der Waals surface area contributed by atoms with E-state index in [1.54, 1.807) is 24.8 Å². The molecule has 0 radical (unpaired) electrons. The molecule has 3 aromatic rings. The number of hydrogen-bond acceptors (Lipinski definition) is 5. The van der Waals surface area contributed by atoms with Crippen LogP contribution in [-0.4, -0.2) is 34.6 Å². The van der Waals surface area contributed by atoms with Crippen molar-refractivity contribution in [2.75, 3.05) is 19.0 Å². The molecule has 0 aliphatic carbocycles. The number of benzene rings is 2. The quantitative estimate of drug-likeness (QED) is 0.745. The Morgan fingerprint density at radius 2 is 2.07 bits per heavy atom. The Bertz CT molecular complexity index is 1010. The lowest BCUT2D eigenvalue weighted by atomic mass is 10.1. The summed E-state index contributed by atoms with van der Waals surface area (Å²) in [5.41, 5.74) is 3.16. The molecular weight excluding hydrogens is 368 g/mol. The molecule has 1 N–H and O–H groups in total. The third-order valence-corrected chi connectivity index (χ3v) is 4.64. The predicted octanol–water partition coefficient (Wildman–Crippen LogP) is 3.42. The molecule has 1 aliphatic rings. The van der Waals surface area contributed by atoms with E-state index >= 15 is 0 Å². The molecule has 2 heterocycles. The number of halogens is 1. The normalized spacial score (nSPS) is 12.4. The molecule has 27 heavy (non-hydrogen) atoms. The van der Waals surface area contributed by atoms with Crippen molar-refractivity contribution in [3.05, 3.63) is 58.4 Å². The second-order valence-electron chi connectivity index (χ2n) is 6.13. The maximum atomic E-state index is 12.7. The minimum absolute atomic E-state index is 0.234. The van der Waals surface area contributed by atoms with Crippen LogP contribution in [0, 0.1) is 6.92 Å². The summed E-state index contributed by atoms with van der Waals surface area (Å²) in [5.74, 6) is 1.03. The van der Waals surface area contributed by atoms with Gasteiger partial charge in [0.25, 0.3) is 5.91 Å². The summed E-state index contributed by atoms with van der Waals surface area (Å²) in [7, 11) is 1.61. The van der Waals surface area contributed by atoms with Crippen molar-refractivity contribution < 1.29 is 14.3 Å². The van der Waals surface area contributed by atoms with Crippen molar-refractivity contribution >= 4 is 23.2 Å². The van der Waals surface area contributed by atoms with Gasteiger partial charge in [0.2, 0.25) is 0 Å². The molecule has 0 fully saturated rings. The molecule has 0 saturated heterocycles. The van der Waals surface area contributed by atoms with E-state index < -0.39 is 0 Å². The molecule has 4 rings (SSSR count). The Morgan fingerprint density at radius 3 is 2.81 bits per heavy atom. The fourth-order valence-corrected chi connectivity index (χ4v) is 3.29. The van der Waals surface area contributed by atoms with Gasteiger partial charge in [-0.3, -0.25) is 4.79 Å². The van der Waals surface area contributed by atoms with E-state index in [0.717, 1.165) is 23.4 Å². The van der Waals surface area contributed by atoms with Gasteiger partial charge in [-0.25, -0.2) is 4.68 Å². The summed E-state index contributed by atoms with van der Waals surface area (Å²) in [6.07, 6.45) is 0.769. The zero-order valence-corrected chi connectivity index (χ0v) is 15.6. The molecule has 1 amide bonds. The van der Waals surface area contributed by atoms with Gasteiger partial charge >= 0.3 is 0 Å². The lowest BCUT2D eigenvalue weighted by Crippen LogP contribution is -2.15. The van der Waals surface area contributed by atoms with Crippen molar-refractivity contribution in [3.63, 3.8) is 0 Å². The Balaban J connectivity index is 1.61. The second kappa shape index (κ2) is 6.92. The zero-order valence-electron chi connectivity index (χ0n) is 14.8. The van der Waals surface area contributed by atoms with Gasteiger partial charge in [-0.05, 0) is 43.3 Å². The fourth-order valence-electron chi connectivity index (χ4n) is 3.05. The number of hydrogen-bond donors (Lipinski definition) is 1. The van der Waals surface area contributed by atoms with Crippen LogP contribution in [0.2, 0.25) is 5.02 Å². The molecule has 0 unspecified atom stereocenters. The van der Waals surface area contributed by atoms with E-state index in [1.165, 1.54) is 0 Å². The molecule has 0 spiro atoms. The maximum absolute atomic E-state index is 12.7. The number of ether oxygens (including phenoxy) is 2. The van der Waals surface area contributed by atoms with Crippen LogP contribution in [0.3, 0.4) is 0 Å². The lowest BCUT2D eigenvalue weighted by Gasteiger charge is -2.10. The fraction of sp³-hybridized carbons (Fsp3) is 0.211. The maximum Gasteiger partial charge on any atom is 0.278 e. The van der Waals surface area contributed by atoms with Crippen LogP contribution >= 0.6 is 11.6 Å². The van der Waals surface area contributed by atoms with Crippen LogP contribution in [0.4, 0.5) is 5.69 Å². The minimum atomic E-state index is -0.368. The minimum Gasteiger partial charge on any atom is -0.497 e. The predicted molar refractivity (Wildman–Crippen MR) is 101 cm³/mol. The highest BCUT2D eigenvalue weighted by Crippen LogP contribution is 2.36. The van der Waals surface area contributed by atoms with Crippen LogP contribution in [0.25, 0.3) is 5.69 Å². The molecule has 0 atom stereocenters. The number of rotatable bonds is 4. The topological polar surface area (TPSA) is 78.3 Å². The average Bonchev–Trinajstić information content (AvgIpc) is 3.28. The molecule has 0 bridgehead atoms. The summed E-state index contributed by atoms with van der Waals surface area (Å²) in [6.45, 7) is 2.36. The average molecular weight is 385 g/mol. The van der Waals surface area contributed by atoms with Gasteiger partial charge < -0.3 is 14.8 Å². The largest absolute Gasteiger partial charge is 0.497 e. The van der Waals surface area contributed by atoms with Gasteiger partial charge in [0, 0.05) is 17.0 Å². The van der Waals surface area contributed by atoms with E-state index in [9.17, 15) is 4.79 Å². The van der Waals surface area contributed by atoms with Crippen LogP contribution in [-0.2, 0) is 6.42 Å². The van der Waals surface area contributed by atoms with Crippen molar-refractivity contribution in [1.82, 2.24) is 15.0 Å².